The predicted octanol–water partition coefficient (Wildman–Crippen LogP) is 1.75. The highest BCUT2D eigenvalue weighted by molar-refractivity contribution is 6.32. The molecule has 1 aliphatic carbocycles. The number of nitrogens with one attached hydrogen (secondary N) is 1. The number of rotatable bonds is 5. The SMILES string of the molecule is O=C(CCOc1ccccc1Cl)NC1CC(O)C1. The number of halogens is 1. The molecule has 0 bridgehead atoms. The van der Waals surface area contributed by atoms with Gasteiger partial charge >= 0.3 is 0 Å². The number of amides is 1. The molecule has 0 aromatic heterocycles. The van der Waals surface area contributed by atoms with E-state index in [1.165, 1.54) is 0 Å². The number of para-hydroxylation sites is 1. The molecule has 1 amide bonds. The first-order valence-electron chi connectivity index (χ1n) is 6.00. The average Bonchev–Trinajstić information content (AvgIpc) is 2.30. The van der Waals surface area contributed by atoms with Gasteiger partial charge in [0.1, 0.15) is 5.75 Å². The standard InChI is InChI=1S/C13H16ClNO3/c14-11-3-1-2-4-12(11)18-6-5-13(17)15-9-7-10(16)8-9/h1-4,9-10,16H,5-8H2,(H,15,17). The molecule has 4 nitrogen and oxygen atoms in total. The number of aliphatic hydroxyl groups excluding tert-OH is 1. The number of ether oxygens (including phenoxy) is 1. The number of hydrogen-bond acceptors (Lipinski definition) is 3. The molecule has 0 radical (unpaired) electrons. The number of carbonyl (C=O) groups is 1. The normalized spacial score (nSPS) is 22.1. The van der Waals surface area contributed by atoms with Crippen LogP contribution in [0.1, 0.15) is 19.3 Å². The van der Waals surface area contributed by atoms with E-state index in [9.17, 15) is 4.79 Å². The summed E-state index contributed by atoms with van der Waals surface area (Å²) >= 11 is 5.92. The van der Waals surface area contributed by atoms with Crippen LogP contribution in [-0.2, 0) is 4.79 Å². The lowest BCUT2D eigenvalue weighted by Gasteiger charge is -2.31. The monoisotopic (exact) mass is 269 g/mol. The molecule has 1 aromatic rings. The van der Waals surface area contributed by atoms with Crippen LogP contribution in [0.5, 0.6) is 5.75 Å². The fraction of sp³-hybridized carbons (Fsp3) is 0.462. The van der Waals surface area contributed by atoms with Crippen LogP contribution in [0.25, 0.3) is 0 Å². The summed E-state index contributed by atoms with van der Waals surface area (Å²) in [6.07, 6.45) is 1.33. The van der Waals surface area contributed by atoms with Crippen LogP contribution >= 0.6 is 11.6 Å². The highest BCUT2D eigenvalue weighted by Gasteiger charge is 2.28. The van der Waals surface area contributed by atoms with Crippen molar-refractivity contribution in [1.29, 1.82) is 0 Å². The predicted molar refractivity (Wildman–Crippen MR) is 68.7 cm³/mol. The summed E-state index contributed by atoms with van der Waals surface area (Å²) in [5.41, 5.74) is 0. The van der Waals surface area contributed by atoms with E-state index in [4.69, 9.17) is 21.4 Å². The third kappa shape index (κ3) is 3.62. The highest BCUT2D eigenvalue weighted by atomic mass is 35.5. The summed E-state index contributed by atoms with van der Waals surface area (Å²) in [6, 6.07) is 7.28. The molecule has 0 heterocycles. The molecule has 18 heavy (non-hydrogen) atoms. The molecule has 0 unspecified atom stereocenters. The lowest BCUT2D eigenvalue weighted by Crippen LogP contribution is -2.46. The van der Waals surface area contributed by atoms with Gasteiger partial charge in [0.25, 0.3) is 0 Å². The van der Waals surface area contributed by atoms with Crippen molar-refractivity contribution in [2.75, 3.05) is 6.61 Å². The molecule has 0 atom stereocenters. The van der Waals surface area contributed by atoms with Gasteiger partial charge in [-0.1, -0.05) is 23.7 Å². The van der Waals surface area contributed by atoms with Crippen molar-refractivity contribution in [2.24, 2.45) is 0 Å². The quantitative estimate of drug-likeness (QED) is 0.856. The van der Waals surface area contributed by atoms with Gasteiger partial charge in [-0.3, -0.25) is 4.79 Å². The molecule has 5 heteroatoms. The molecule has 2 N–H and O–H groups in total. The fourth-order valence-corrected chi connectivity index (χ4v) is 2.01. The topological polar surface area (TPSA) is 58.6 Å². The Hall–Kier alpha value is -1.26. The molecule has 0 saturated heterocycles. The maximum absolute atomic E-state index is 11.5. The number of aliphatic hydroxyl groups is 1. The molecular weight excluding hydrogens is 254 g/mol. The third-order valence-electron chi connectivity index (χ3n) is 2.90. The minimum atomic E-state index is -0.255. The second kappa shape index (κ2) is 6.07. The third-order valence-corrected chi connectivity index (χ3v) is 3.21. The Morgan fingerprint density at radius 1 is 1.44 bits per heavy atom. The average molecular weight is 270 g/mol. The van der Waals surface area contributed by atoms with Gasteiger partial charge in [0.15, 0.2) is 0 Å². The first-order chi connectivity index (χ1) is 8.65. The minimum absolute atomic E-state index is 0.0565. The van der Waals surface area contributed by atoms with Crippen LogP contribution in [0.2, 0.25) is 5.02 Å². The van der Waals surface area contributed by atoms with Gasteiger partial charge in [0.2, 0.25) is 5.91 Å². The van der Waals surface area contributed by atoms with E-state index in [1.807, 2.05) is 12.1 Å². The minimum Gasteiger partial charge on any atom is -0.491 e. The van der Waals surface area contributed by atoms with Crippen molar-refractivity contribution >= 4 is 17.5 Å². The van der Waals surface area contributed by atoms with Crippen LogP contribution in [0.15, 0.2) is 24.3 Å². The van der Waals surface area contributed by atoms with Crippen LogP contribution in [0, 0.1) is 0 Å². The lowest BCUT2D eigenvalue weighted by molar-refractivity contribution is -0.123. The Bertz CT molecular complexity index is 418. The van der Waals surface area contributed by atoms with Gasteiger partial charge in [-0.15, -0.1) is 0 Å². The molecule has 0 aliphatic heterocycles. The van der Waals surface area contributed by atoms with E-state index >= 15 is 0 Å². The van der Waals surface area contributed by atoms with Gasteiger partial charge in [-0.25, -0.2) is 0 Å². The van der Waals surface area contributed by atoms with Crippen LogP contribution in [0.4, 0.5) is 0 Å². The van der Waals surface area contributed by atoms with E-state index in [0.29, 0.717) is 30.2 Å². The first-order valence-corrected chi connectivity index (χ1v) is 6.37. The van der Waals surface area contributed by atoms with E-state index < -0.39 is 0 Å². The zero-order valence-corrected chi connectivity index (χ0v) is 10.7. The van der Waals surface area contributed by atoms with Crippen molar-refractivity contribution < 1.29 is 14.6 Å². The Morgan fingerprint density at radius 3 is 2.83 bits per heavy atom. The Balaban J connectivity index is 1.66. The number of hydrogen-bond donors (Lipinski definition) is 2. The molecule has 1 fully saturated rings. The summed E-state index contributed by atoms with van der Waals surface area (Å²) in [5, 5.41) is 12.5. The Kier molecular flexibility index (Phi) is 4.44. The number of benzene rings is 1. The summed E-state index contributed by atoms with van der Waals surface area (Å²) in [7, 11) is 0. The first kappa shape index (κ1) is 13.2. The van der Waals surface area contributed by atoms with Crippen LogP contribution in [-0.4, -0.2) is 29.8 Å². The summed E-state index contributed by atoms with van der Waals surface area (Å²) < 4.78 is 5.42. The van der Waals surface area contributed by atoms with Crippen molar-refractivity contribution in [3.05, 3.63) is 29.3 Å². The summed E-state index contributed by atoms with van der Waals surface area (Å²) in [6.45, 7) is 0.296. The van der Waals surface area contributed by atoms with E-state index in [1.54, 1.807) is 12.1 Å². The van der Waals surface area contributed by atoms with Gasteiger partial charge in [0, 0.05) is 6.04 Å². The van der Waals surface area contributed by atoms with Gasteiger partial charge in [-0.05, 0) is 25.0 Å². The van der Waals surface area contributed by atoms with Crippen LogP contribution in [0.3, 0.4) is 0 Å². The van der Waals surface area contributed by atoms with Crippen LogP contribution < -0.4 is 10.1 Å². The second-order valence-corrected chi connectivity index (χ2v) is 4.83. The van der Waals surface area contributed by atoms with Gasteiger partial charge < -0.3 is 15.2 Å². The Labute approximate surface area is 111 Å². The van der Waals surface area contributed by atoms with Crippen molar-refractivity contribution in [2.45, 2.75) is 31.4 Å². The maximum Gasteiger partial charge on any atom is 0.223 e. The summed E-state index contributed by atoms with van der Waals surface area (Å²) in [4.78, 5) is 11.5. The van der Waals surface area contributed by atoms with Gasteiger partial charge in [0.05, 0.1) is 24.2 Å². The molecule has 98 valence electrons. The second-order valence-electron chi connectivity index (χ2n) is 4.42. The molecule has 1 aromatic carbocycles. The smallest absolute Gasteiger partial charge is 0.223 e. The summed E-state index contributed by atoms with van der Waals surface area (Å²) in [5.74, 6) is 0.532. The lowest BCUT2D eigenvalue weighted by atomic mass is 9.89. The van der Waals surface area contributed by atoms with E-state index in [2.05, 4.69) is 5.32 Å². The highest BCUT2D eigenvalue weighted by Crippen LogP contribution is 2.23. The molecule has 2 rings (SSSR count). The molecular formula is C13H16ClNO3. The molecule has 0 spiro atoms. The van der Waals surface area contributed by atoms with Crippen molar-refractivity contribution in [1.82, 2.24) is 5.32 Å². The largest absolute Gasteiger partial charge is 0.491 e. The zero-order valence-electron chi connectivity index (χ0n) is 9.93. The maximum atomic E-state index is 11.5. The van der Waals surface area contributed by atoms with Crippen molar-refractivity contribution in [3.63, 3.8) is 0 Å². The Morgan fingerprint density at radius 2 is 2.17 bits per heavy atom. The zero-order chi connectivity index (χ0) is 13.0. The van der Waals surface area contributed by atoms with E-state index in [0.717, 1.165) is 0 Å². The molecule has 1 aliphatic rings. The number of carbonyl (C=O) groups excluding carboxylic acids is 1. The van der Waals surface area contributed by atoms with E-state index in [-0.39, 0.29) is 24.5 Å². The fourth-order valence-electron chi connectivity index (χ4n) is 1.82. The molecule has 1 saturated carbocycles. The van der Waals surface area contributed by atoms with Gasteiger partial charge in [-0.2, -0.15) is 0 Å². The van der Waals surface area contributed by atoms with Crippen molar-refractivity contribution in [3.8, 4) is 5.75 Å².